The van der Waals surface area contributed by atoms with Gasteiger partial charge in [0.05, 0.1) is 0 Å². The second-order valence-electron chi connectivity index (χ2n) is 7.48. The lowest BCUT2D eigenvalue weighted by molar-refractivity contribution is 0.155. The van der Waals surface area contributed by atoms with Gasteiger partial charge in [0.1, 0.15) is 0 Å². The van der Waals surface area contributed by atoms with Gasteiger partial charge in [0.2, 0.25) is 0 Å². The maximum atomic E-state index is 6.00. The van der Waals surface area contributed by atoms with Crippen molar-refractivity contribution >= 4 is 23.2 Å². The summed E-state index contributed by atoms with van der Waals surface area (Å²) in [4.78, 5) is 2.55. The van der Waals surface area contributed by atoms with E-state index in [2.05, 4.69) is 40.0 Å². The molecule has 138 valence electrons. The van der Waals surface area contributed by atoms with Crippen LogP contribution in [-0.2, 0) is 6.54 Å². The highest BCUT2D eigenvalue weighted by Gasteiger charge is 2.33. The van der Waals surface area contributed by atoms with E-state index in [1.807, 2.05) is 24.3 Å². The summed E-state index contributed by atoms with van der Waals surface area (Å²) in [5.41, 5.74) is 9.67. The van der Waals surface area contributed by atoms with E-state index in [-0.39, 0.29) is 0 Å². The minimum atomic E-state index is 0.379. The van der Waals surface area contributed by atoms with Gasteiger partial charge in [-0.3, -0.25) is 15.8 Å². The molecule has 0 bridgehead atoms. The smallest absolute Gasteiger partial charge is 0.0477 e. The highest BCUT2D eigenvalue weighted by molar-refractivity contribution is 6.30. The molecule has 4 rings (SSSR count). The van der Waals surface area contributed by atoms with Crippen molar-refractivity contribution in [3.8, 4) is 0 Å². The Bertz CT molecular complexity index is 709. The van der Waals surface area contributed by atoms with Crippen molar-refractivity contribution in [2.45, 2.75) is 37.9 Å². The summed E-state index contributed by atoms with van der Waals surface area (Å²) < 4.78 is 0. The predicted octanol–water partition coefficient (Wildman–Crippen LogP) is 4.81. The monoisotopic (exact) mass is 389 g/mol. The molecule has 2 aliphatic heterocycles. The molecule has 2 fully saturated rings. The second-order valence-corrected chi connectivity index (χ2v) is 8.35. The molecule has 5 heteroatoms. The lowest BCUT2D eigenvalue weighted by Crippen LogP contribution is -2.42. The van der Waals surface area contributed by atoms with Crippen molar-refractivity contribution in [1.82, 2.24) is 15.8 Å². The normalized spacial score (nSPS) is 24.8. The van der Waals surface area contributed by atoms with E-state index in [4.69, 9.17) is 23.2 Å². The summed E-state index contributed by atoms with van der Waals surface area (Å²) in [5, 5.41) is 1.60. The van der Waals surface area contributed by atoms with Gasteiger partial charge in [-0.2, -0.15) is 0 Å². The van der Waals surface area contributed by atoms with Crippen molar-refractivity contribution in [2.75, 3.05) is 13.1 Å². The quantitative estimate of drug-likeness (QED) is 0.784. The van der Waals surface area contributed by atoms with Crippen LogP contribution in [0.1, 0.15) is 36.4 Å². The molecule has 2 aromatic rings. The molecular formula is C21H25Cl2N3. The van der Waals surface area contributed by atoms with E-state index in [0.717, 1.165) is 42.0 Å². The second kappa shape index (κ2) is 8.28. The average Bonchev–Trinajstić information content (AvgIpc) is 3.15. The molecule has 26 heavy (non-hydrogen) atoms. The van der Waals surface area contributed by atoms with Gasteiger partial charge in [0.15, 0.2) is 0 Å². The molecule has 2 aromatic carbocycles. The van der Waals surface area contributed by atoms with Gasteiger partial charge in [-0.25, -0.2) is 0 Å². The summed E-state index contributed by atoms with van der Waals surface area (Å²) in [6.45, 7) is 3.35. The number of halogens is 2. The summed E-state index contributed by atoms with van der Waals surface area (Å²) >= 11 is 12.0. The molecule has 0 saturated carbocycles. The topological polar surface area (TPSA) is 27.3 Å². The first-order valence-corrected chi connectivity index (χ1v) is 10.2. The van der Waals surface area contributed by atoms with Crippen LogP contribution < -0.4 is 10.9 Å². The number of likely N-dealkylation sites (tertiary alicyclic amines) is 1. The minimum Gasteiger partial charge on any atom is -0.299 e. The Labute approximate surface area is 165 Å². The van der Waals surface area contributed by atoms with Gasteiger partial charge < -0.3 is 0 Å². The highest BCUT2D eigenvalue weighted by Crippen LogP contribution is 2.31. The standard InChI is InChI=1S/C21H25Cl2N3/c22-18-5-1-15(2-6-18)14-26-11-9-17(10-12-26)21-13-20(24-25-21)16-3-7-19(23)8-4-16/h1-8,17,20-21,24-25H,9-14H2. The number of hydrogen-bond acceptors (Lipinski definition) is 3. The van der Waals surface area contributed by atoms with Gasteiger partial charge >= 0.3 is 0 Å². The zero-order valence-corrected chi connectivity index (χ0v) is 16.3. The third kappa shape index (κ3) is 4.41. The van der Waals surface area contributed by atoms with Gasteiger partial charge in [0, 0.05) is 28.7 Å². The van der Waals surface area contributed by atoms with Crippen LogP contribution in [0.4, 0.5) is 0 Å². The predicted molar refractivity (Wildman–Crippen MR) is 108 cm³/mol. The van der Waals surface area contributed by atoms with Crippen LogP contribution >= 0.6 is 23.2 Å². The van der Waals surface area contributed by atoms with E-state index >= 15 is 0 Å². The van der Waals surface area contributed by atoms with Crippen LogP contribution in [0.5, 0.6) is 0 Å². The first kappa shape index (κ1) is 18.3. The zero-order chi connectivity index (χ0) is 17.9. The molecule has 3 nitrogen and oxygen atoms in total. The number of nitrogens with one attached hydrogen (secondary N) is 2. The lowest BCUT2D eigenvalue weighted by Gasteiger charge is -2.34. The van der Waals surface area contributed by atoms with Gasteiger partial charge in [0.25, 0.3) is 0 Å². The van der Waals surface area contributed by atoms with Crippen molar-refractivity contribution in [2.24, 2.45) is 5.92 Å². The number of piperidine rings is 1. The number of benzene rings is 2. The molecule has 2 N–H and O–H groups in total. The number of hydrazine groups is 1. The van der Waals surface area contributed by atoms with Crippen LogP contribution in [0.15, 0.2) is 48.5 Å². The van der Waals surface area contributed by atoms with Crippen molar-refractivity contribution in [3.05, 3.63) is 69.7 Å². The van der Waals surface area contributed by atoms with Gasteiger partial charge in [-0.05, 0) is 73.7 Å². The van der Waals surface area contributed by atoms with E-state index in [1.165, 1.54) is 24.0 Å². The fraction of sp³-hybridized carbons (Fsp3) is 0.429. The zero-order valence-electron chi connectivity index (χ0n) is 14.8. The van der Waals surface area contributed by atoms with Gasteiger partial charge in [-0.15, -0.1) is 0 Å². The molecule has 2 unspecified atom stereocenters. The Hall–Kier alpha value is -1.10. The van der Waals surface area contributed by atoms with Crippen LogP contribution in [0.3, 0.4) is 0 Å². The van der Waals surface area contributed by atoms with E-state index < -0.39 is 0 Å². The number of nitrogens with zero attached hydrogens (tertiary/aromatic N) is 1. The maximum Gasteiger partial charge on any atom is 0.0477 e. The van der Waals surface area contributed by atoms with Gasteiger partial charge in [-0.1, -0.05) is 47.5 Å². The average molecular weight is 390 g/mol. The Morgan fingerprint density at radius 3 is 2.12 bits per heavy atom. The molecule has 0 spiro atoms. The van der Waals surface area contributed by atoms with Crippen LogP contribution in [0, 0.1) is 5.92 Å². The lowest BCUT2D eigenvalue weighted by atomic mass is 9.86. The Kier molecular flexibility index (Phi) is 5.82. The molecular weight excluding hydrogens is 365 g/mol. The molecule has 2 saturated heterocycles. The van der Waals surface area contributed by atoms with Crippen molar-refractivity contribution < 1.29 is 0 Å². The number of hydrogen-bond donors (Lipinski definition) is 2. The summed E-state index contributed by atoms with van der Waals surface area (Å²) in [6.07, 6.45) is 3.64. The molecule has 0 aromatic heterocycles. The summed E-state index contributed by atoms with van der Waals surface area (Å²) in [7, 11) is 0. The molecule has 0 amide bonds. The van der Waals surface area contributed by atoms with Crippen molar-refractivity contribution in [1.29, 1.82) is 0 Å². The molecule has 2 atom stereocenters. The van der Waals surface area contributed by atoms with Crippen LogP contribution in [-0.4, -0.2) is 24.0 Å². The first-order chi connectivity index (χ1) is 12.7. The summed E-state index contributed by atoms with van der Waals surface area (Å²) in [6, 6.07) is 17.3. The Morgan fingerprint density at radius 2 is 1.46 bits per heavy atom. The van der Waals surface area contributed by atoms with Crippen LogP contribution in [0.2, 0.25) is 10.0 Å². The SMILES string of the molecule is Clc1ccc(CN2CCC(C3CC(c4ccc(Cl)cc4)NN3)CC2)cc1. The Morgan fingerprint density at radius 1 is 0.846 bits per heavy atom. The largest absolute Gasteiger partial charge is 0.299 e. The molecule has 2 aliphatic rings. The Balaban J connectivity index is 1.27. The fourth-order valence-corrected chi connectivity index (χ4v) is 4.42. The highest BCUT2D eigenvalue weighted by atomic mass is 35.5. The molecule has 2 heterocycles. The van der Waals surface area contributed by atoms with E-state index in [9.17, 15) is 0 Å². The third-order valence-corrected chi connectivity index (χ3v) is 6.23. The van der Waals surface area contributed by atoms with Crippen molar-refractivity contribution in [3.63, 3.8) is 0 Å². The van der Waals surface area contributed by atoms with E-state index in [1.54, 1.807) is 0 Å². The summed E-state index contributed by atoms with van der Waals surface area (Å²) in [5.74, 6) is 0.737. The third-order valence-electron chi connectivity index (χ3n) is 5.73. The van der Waals surface area contributed by atoms with E-state index in [0.29, 0.717) is 12.1 Å². The fourth-order valence-electron chi connectivity index (χ4n) is 4.17. The van der Waals surface area contributed by atoms with Crippen LogP contribution in [0.25, 0.3) is 0 Å². The first-order valence-electron chi connectivity index (χ1n) is 9.41. The molecule has 0 radical (unpaired) electrons. The number of rotatable bonds is 4. The molecule has 0 aliphatic carbocycles. The minimum absolute atomic E-state index is 0.379. The maximum absolute atomic E-state index is 6.00.